The zero-order chi connectivity index (χ0) is 18.7. The Hall–Kier alpha value is -1.93. The molecule has 1 saturated heterocycles. The first-order valence-corrected chi connectivity index (χ1v) is 9.78. The molecule has 1 fully saturated rings. The lowest BCUT2D eigenvalue weighted by atomic mass is 9.88. The van der Waals surface area contributed by atoms with Crippen molar-refractivity contribution in [1.29, 1.82) is 0 Å². The first-order valence-electron chi connectivity index (χ1n) is 8.55. The third-order valence-corrected chi connectivity index (χ3v) is 5.09. The zero-order valence-electron chi connectivity index (χ0n) is 15.2. The molecule has 1 N–H and O–H groups in total. The third kappa shape index (κ3) is 4.24. The number of nitrogens with zero attached hydrogens (tertiary/aromatic N) is 3. The first kappa shape index (κ1) is 18.8. The van der Waals surface area contributed by atoms with Crippen LogP contribution in [0.25, 0.3) is 5.69 Å². The summed E-state index contributed by atoms with van der Waals surface area (Å²) < 4.78 is 20.7. The summed E-state index contributed by atoms with van der Waals surface area (Å²) in [6.45, 7) is 4.86. The van der Waals surface area contributed by atoms with Gasteiger partial charge in [-0.05, 0) is 57.2 Å². The quantitative estimate of drug-likeness (QED) is 0.810. The van der Waals surface area contributed by atoms with Crippen molar-refractivity contribution >= 4 is 17.7 Å². The van der Waals surface area contributed by atoms with Gasteiger partial charge in [0.15, 0.2) is 11.0 Å². The van der Waals surface area contributed by atoms with Crippen LogP contribution in [-0.4, -0.2) is 39.1 Å². The number of hydrogen-bond acceptors (Lipinski definition) is 5. The van der Waals surface area contributed by atoms with Gasteiger partial charge in [-0.25, -0.2) is 4.39 Å². The van der Waals surface area contributed by atoms with Crippen LogP contribution in [0.4, 0.5) is 4.39 Å². The smallest absolute Gasteiger partial charge is 0.223 e. The van der Waals surface area contributed by atoms with Gasteiger partial charge in [0.05, 0.1) is 12.1 Å². The van der Waals surface area contributed by atoms with Gasteiger partial charge in [0.2, 0.25) is 5.91 Å². The first-order chi connectivity index (χ1) is 12.4. The molecule has 2 heterocycles. The number of ether oxygens (including phenoxy) is 1. The molecule has 140 valence electrons. The van der Waals surface area contributed by atoms with E-state index in [0.717, 1.165) is 12.1 Å². The minimum Gasteiger partial charge on any atom is -0.376 e. The number of carbonyl (C=O) groups excluding carboxylic acids is 1. The van der Waals surface area contributed by atoms with E-state index in [4.69, 9.17) is 4.74 Å². The van der Waals surface area contributed by atoms with E-state index in [-0.39, 0.29) is 29.8 Å². The molecule has 1 aromatic carbocycles. The third-order valence-electron chi connectivity index (χ3n) is 4.46. The van der Waals surface area contributed by atoms with Crippen molar-refractivity contribution in [3.8, 4) is 5.69 Å². The SMILES string of the molecule is CSc1nnc(CNC(=O)[C@@H]2CCOC(C)(C)C2)n1-c1ccc(F)cc1. The maximum absolute atomic E-state index is 13.2. The number of amides is 1. The van der Waals surface area contributed by atoms with Crippen molar-refractivity contribution in [2.45, 2.75) is 44.0 Å². The summed E-state index contributed by atoms with van der Waals surface area (Å²) in [6, 6.07) is 6.13. The molecule has 0 saturated carbocycles. The van der Waals surface area contributed by atoms with E-state index in [9.17, 15) is 9.18 Å². The number of hydrogen-bond donors (Lipinski definition) is 1. The normalized spacial score (nSPS) is 19.3. The van der Waals surface area contributed by atoms with Gasteiger partial charge in [-0.1, -0.05) is 11.8 Å². The van der Waals surface area contributed by atoms with Gasteiger partial charge in [-0.3, -0.25) is 9.36 Å². The molecule has 6 nitrogen and oxygen atoms in total. The summed E-state index contributed by atoms with van der Waals surface area (Å²) in [7, 11) is 0. The van der Waals surface area contributed by atoms with E-state index in [1.807, 2.05) is 24.7 Å². The second kappa shape index (κ2) is 7.75. The van der Waals surface area contributed by atoms with Crippen LogP contribution in [0.2, 0.25) is 0 Å². The molecule has 0 radical (unpaired) electrons. The lowest BCUT2D eigenvalue weighted by Crippen LogP contribution is -2.41. The van der Waals surface area contributed by atoms with Gasteiger partial charge in [0, 0.05) is 18.2 Å². The standard InChI is InChI=1S/C18H23FN4O2S/c1-18(2)10-12(8-9-25-18)16(24)20-11-15-21-22-17(26-3)23(15)14-6-4-13(19)5-7-14/h4-7,12H,8-11H2,1-3H3,(H,20,24)/t12-/m1/s1. The van der Waals surface area contributed by atoms with Crippen LogP contribution < -0.4 is 5.32 Å². The predicted molar refractivity (Wildman–Crippen MR) is 97.7 cm³/mol. The lowest BCUT2D eigenvalue weighted by Gasteiger charge is -2.34. The van der Waals surface area contributed by atoms with Crippen molar-refractivity contribution in [2.75, 3.05) is 12.9 Å². The molecule has 1 atom stereocenters. The molecule has 2 aromatic rings. The number of carbonyl (C=O) groups is 1. The van der Waals surface area contributed by atoms with E-state index in [1.54, 1.807) is 12.1 Å². The van der Waals surface area contributed by atoms with E-state index in [1.165, 1.54) is 23.9 Å². The topological polar surface area (TPSA) is 69.0 Å². The number of thioether (sulfide) groups is 1. The summed E-state index contributed by atoms with van der Waals surface area (Å²) in [5.41, 5.74) is 0.484. The molecule has 1 aliphatic heterocycles. The lowest BCUT2D eigenvalue weighted by molar-refractivity contribution is -0.135. The maximum atomic E-state index is 13.2. The van der Waals surface area contributed by atoms with Crippen molar-refractivity contribution in [3.63, 3.8) is 0 Å². The molecular formula is C18H23FN4O2S. The van der Waals surface area contributed by atoms with Crippen molar-refractivity contribution in [1.82, 2.24) is 20.1 Å². The van der Waals surface area contributed by atoms with E-state index < -0.39 is 0 Å². The Morgan fingerprint density at radius 1 is 1.38 bits per heavy atom. The molecule has 0 spiro atoms. The Bertz CT molecular complexity index is 776. The average Bonchev–Trinajstić information content (AvgIpc) is 3.02. The maximum Gasteiger partial charge on any atom is 0.223 e. The Kier molecular flexibility index (Phi) is 5.62. The predicted octanol–water partition coefficient (Wildman–Crippen LogP) is 2.95. The van der Waals surface area contributed by atoms with Crippen LogP contribution in [0.1, 0.15) is 32.5 Å². The van der Waals surface area contributed by atoms with Crippen LogP contribution in [-0.2, 0) is 16.1 Å². The Morgan fingerprint density at radius 2 is 2.12 bits per heavy atom. The molecule has 0 aliphatic carbocycles. The molecule has 0 bridgehead atoms. The van der Waals surface area contributed by atoms with Crippen molar-refractivity contribution in [3.05, 3.63) is 35.9 Å². The zero-order valence-corrected chi connectivity index (χ0v) is 16.0. The second-order valence-corrected chi connectivity index (χ2v) is 7.70. The van der Waals surface area contributed by atoms with Crippen molar-refractivity contribution < 1.29 is 13.9 Å². The summed E-state index contributed by atoms with van der Waals surface area (Å²) in [6.07, 6.45) is 3.31. The van der Waals surface area contributed by atoms with Gasteiger partial charge >= 0.3 is 0 Å². The monoisotopic (exact) mass is 378 g/mol. The van der Waals surface area contributed by atoms with Gasteiger partial charge < -0.3 is 10.1 Å². The Balaban J connectivity index is 1.73. The van der Waals surface area contributed by atoms with Gasteiger partial charge in [-0.15, -0.1) is 10.2 Å². The van der Waals surface area contributed by atoms with Crippen LogP contribution in [0.15, 0.2) is 29.4 Å². The van der Waals surface area contributed by atoms with Gasteiger partial charge in [0.25, 0.3) is 0 Å². The summed E-state index contributed by atoms with van der Waals surface area (Å²) >= 11 is 1.44. The largest absolute Gasteiger partial charge is 0.376 e. The van der Waals surface area contributed by atoms with Gasteiger partial charge in [-0.2, -0.15) is 0 Å². The highest BCUT2D eigenvalue weighted by molar-refractivity contribution is 7.98. The number of aromatic nitrogens is 3. The van der Waals surface area contributed by atoms with Crippen LogP contribution in [0.5, 0.6) is 0 Å². The number of rotatable bonds is 5. The molecule has 3 rings (SSSR count). The van der Waals surface area contributed by atoms with E-state index in [2.05, 4.69) is 15.5 Å². The van der Waals surface area contributed by atoms with Crippen LogP contribution in [0.3, 0.4) is 0 Å². The highest BCUT2D eigenvalue weighted by Crippen LogP contribution is 2.28. The molecular weight excluding hydrogens is 355 g/mol. The van der Waals surface area contributed by atoms with Crippen molar-refractivity contribution in [2.24, 2.45) is 5.92 Å². The fraction of sp³-hybridized carbons (Fsp3) is 0.500. The van der Waals surface area contributed by atoms with Crippen LogP contribution >= 0.6 is 11.8 Å². The molecule has 0 unspecified atom stereocenters. The molecule has 1 aromatic heterocycles. The fourth-order valence-corrected chi connectivity index (χ4v) is 3.68. The number of halogens is 1. The summed E-state index contributed by atoms with van der Waals surface area (Å²) in [4.78, 5) is 12.5. The minimum atomic E-state index is -0.301. The fourth-order valence-electron chi connectivity index (χ4n) is 3.16. The highest BCUT2D eigenvalue weighted by Gasteiger charge is 2.32. The molecule has 1 aliphatic rings. The molecule has 1 amide bonds. The highest BCUT2D eigenvalue weighted by atomic mass is 32.2. The average molecular weight is 378 g/mol. The Morgan fingerprint density at radius 3 is 2.77 bits per heavy atom. The number of benzene rings is 1. The van der Waals surface area contributed by atoms with E-state index >= 15 is 0 Å². The second-order valence-electron chi connectivity index (χ2n) is 6.93. The molecule has 26 heavy (non-hydrogen) atoms. The van der Waals surface area contributed by atoms with Gasteiger partial charge in [0.1, 0.15) is 5.82 Å². The van der Waals surface area contributed by atoms with E-state index in [0.29, 0.717) is 24.0 Å². The summed E-state index contributed by atoms with van der Waals surface area (Å²) in [5, 5.41) is 12.0. The molecule has 8 heteroatoms. The summed E-state index contributed by atoms with van der Waals surface area (Å²) in [5.74, 6) is 0.242. The Labute approximate surface area is 156 Å². The minimum absolute atomic E-state index is 0.000678. The van der Waals surface area contributed by atoms with Crippen LogP contribution in [0, 0.1) is 11.7 Å². The number of nitrogens with one attached hydrogen (secondary N) is 1.